The molecule has 1 amide bonds. The van der Waals surface area contributed by atoms with Gasteiger partial charge in [-0.15, -0.1) is 0 Å². The quantitative estimate of drug-likeness (QED) is 0.515. The number of aldehydes is 1. The molecule has 19 heavy (non-hydrogen) atoms. The van der Waals surface area contributed by atoms with Crippen molar-refractivity contribution < 1.29 is 14.4 Å². The Labute approximate surface area is 110 Å². The summed E-state index contributed by atoms with van der Waals surface area (Å²) in [6.45, 7) is 0. The third kappa shape index (κ3) is 3.13. The molecule has 0 unspecified atom stereocenters. The van der Waals surface area contributed by atoms with E-state index < -0.39 is 5.91 Å². The van der Waals surface area contributed by atoms with Crippen LogP contribution in [0.15, 0.2) is 54.6 Å². The van der Waals surface area contributed by atoms with Crippen LogP contribution in [0.5, 0.6) is 0 Å². The summed E-state index contributed by atoms with van der Waals surface area (Å²) in [7, 11) is 0. The molecule has 0 spiro atoms. The zero-order chi connectivity index (χ0) is 13.7. The van der Waals surface area contributed by atoms with E-state index in [-0.39, 0.29) is 12.1 Å². The minimum atomic E-state index is -0.720. The SMILES string of the molecule is O=CC(=O)Nc1ccc(C(=O)c2ccccc2)cc1. The summed E-state index contributed by atoms with van der Waals surface area (Å²) in [6.07, 6.45) is 0.197. The highest BCUT2D eigenvalue weighted by atomic mass is 16.2. The number of nitrogens with one attached hydrogen (secondary N) is 1. The van der Waals surface area contributed by atoms with Crippen LogP contribution in [-0.4, -0.2) is 18.0 Å². The van der Waals surface area contributed by atoms with Gasteiger partial charge in [-0.1, -0.05) is 30.3 Å². The lowest BCUT2D eigenvalue weighted by atomic mass is 10.0. The van der Waals surface area contributed by atoms with E-state index in [4.69, 9.17) is 0 Å². The predicted octanol–water partition coefficient (Wildman–Crippen LogP) is 2.05. The third-order valence-electron chi connectivity index (χ3n) is 2.56. The summed E-state index contributed by atoms with van der Waals surface area (Å²) in [5, 5.41) is 2.38. The fraction of sp³-hybridized carbons (Fsp3) is 0. The molecule has 0 heterocycles. The van der Waals surface area contributed by atoms with E-state index in [2.05, 4.69) is 5.32 Å². The zero-order valence-corrected chi connectivity index (χ0v) is 10.00. The number of rotatable bonds is 4. The lowest BCUT2D eigenvalue weighted by Crippen LogP contribution is -2.12. The van der Waals surface area contributed by atoms with Crippen LogP contribution in [0.2, 0.25) is 0 Å². The minimum absolute atomic E-state index is 0.0890. The van der Waals surface area contributed by atoms with Crippen LogP contribution < -0.4 is 5.32 Å². The van der Waals surface area contributed by atoms with Crippen molar-refractivity contribution >= 4 is 23.7 Å². The number of hydrogen-bond acceptors (Lipinski definition) is 3. The van der Waals surface area contributed by atoms with Gasteiger partial charge in [0.05, 0.1) is 0 Å². The van der Waals surface area contributed by atoms with E-state index in [1.807, 2.05) is 6.07 Å². The van der Waals surface area contributed by atoms with Crippen molar-refractivity contribution in [3.8, 4) is 0 Å². The second-order valence-electron chi connectivity index (χ2n) is 3.88. The molecule has 94 valence electrons. The normalized spacial score (nSPS) is 9.68. The Morgan fingerprint density at radius 3 is 2.00 bits per heavy atom. The largest absolute Gasteiger partial charge is 0.320 e. The van der Waals surface area contributed by atoms with E-state index in [9.17, 15) is 14.4 Å². The Kier molecular flexibility index (Phi) is 3.83. The lowest BCUT2D eigenvalue weighted by molar-refractivity contribution is -0.127. The molecule has 2 aromatic rings. The average Bonchev–Trinajstić information content (AvgIpc) is 2.48. The molecule has 0 saturated carbocycles. The van der Waals surface area contributed by atoms with Gasteiger partial charge in [0.25, 0.3) is 5.91 Å². The molecule has 0 bridgehead atoms. The van der Waals surface area contributed by atoms with Crippen LogP contribution in [0.1, 0.15) is 15.9 Å². The van der Waals surface area contributed by atoms with Crippen molar-refractivity contribution in [3.05, 3.63) is 65.7 Å². The first-order chi connectivity index (χ1) is 9.20. The third-order valence-corrected chi connectivity index (χ3v) is 2.56. The van der Waals surface area contributed by atoms with Gasteiger partial charge in [0.1, 0.15) is 0 Å². The van der Waals surface area contributed by atoms with Gasteiger partial charge in [-0.2, -0.15) is 0 Å². The maximum absolute atomic E-state index is 12.1. The van der Waals surface area contributed by atoms with E-state index >= 15 is 0 Å². The molecule has 0 saturated heterocycles. The molecule has 0 fully saturated rings. The lowest BCUT2D eigenvalue weighted by Gasteiger charge is -2.04. The van der Waals surface area contributed by atoms with Crippen molar-refractivity contribution in [3.63, 3.8) is 0 Å². The van der Waals surface area contributed by atoms with E-state index in [1.54, 1.807) is 48.5 Å². The highest BCUT2D eigenvalue weighted by Gasteiger charge is 2.08. The summed E-state index contributed by atoms with van der Waals surface area (Å²) in [6, 6.07) is 15.3. The van der Waals surface area contributed by atoms with Crippen molar-refractivity contribution in [2.75, 3.05) is 5.32 Å². The Bertz CT molecular complexity index is 603. The number of hydrogen-bond donors (Lipinski definition) is 1. The Morgan fingerprint density at radius 2 is 1.42 bits per heavy atom. The molecule has 0 aromatic heterocycles. The Balaban J connectivity index is 2.17. The highest BCUT2D eigenvalue weighted by Crippen LogP contribution is 2.13. The van der Waals surface area contributed by atoms with Crippen molar-refractivity contribution in [2.24, 2.45) is 0 Å². The smallest absolute Gasteiger partial charge is 0.288 e. The molecule has 0 aliphatic rings. The van der Waals surface area contributed by atoms with E-state index in [0.717, 1.165) is 0 Å². The zero-order valence-electron chi connectivity index (χ0n) is 10.00. The Morgan fingerprint density at radius 1 is 0.842 bits per heavy atom. The second kappa shape index (κ2) is 5.73. The maximum atomic E-state index is 12.1. The summed E-state index contributed by atoms with van der Waals surface area (Å²) >= 11 is 0. The number of benzene rings is 2. The van der Waals surface area contributed by atoms with Crippen LogP contribution in [0.4, 0.5) is 5.69 Å². The molecular formula is C15H11NO3. The van der Waals surface area contributed by atoms with Crippen LogP contribution in [0.3, 0.4) is 0 Å². The van der Waals surface area contributed by atoms with Crippen LogP contribution in [0.25, 0.3) is 0 Å². The van der Waals surface area contributed by atoms with Crippen molar-refractivity contribution in [2.45, 2.75) is 0 Å². The van der Waals surface area contributed by atoms with Gasteiger partial charge >= 0.3 is 0 Å². The highest BCUT2D eigenvalue weighted by molar-refractivity contribution is 6.29. The van der Waals surface area contributed by atoms with Gasteiger partial charge in [0, 0.05) is 16.8 Å². The topological polar surface area (TPSA) is 63.2 Å². The molecule has 0 aliphatic heterocycles. The molecular weight excluding hydrogens is 242 g/mol. The first-order valence-corrected chi connectivity index (χ1v) is 5.66. The molecule has 2 rings (SSSR count). The monoisotopic (exact) mass is 253 g/mol. The van der Waals surface area contributed by atoms with Crippen LogP contribution in [-0.2, 0) is 9.59 Å². The molecule has 0 atom stereocenters. The van der Waals surface area contributed by atoms with Crippen LogP contribution in [0, 0.1) is 0 Å². The summed E-state index contributed by atoms with van der Waals surface area (Å²) < 4.78 is 0. The predicted molar refractivity (Wildman–Crippen MR) is 71.0 cm³/mol. The molecule has 4 nitrogen and oxygen atoms in total. The summed E-state index contributed by atoms with van der Waals surface area (Å²) in [4.78, 5) is 33.2. The maximum Gasteiger partial charge on any atom is 0.288 e. The average molecular weight is 253 g/mol. The Hall–Kier alpha value is -2.75. The summed E-state index contributed by atoms with van der Waals surface area (Å²) in [5.41, 5.74) is 1.60. The fourth-order valence-electron chi connectivity index (χ4n) is 1.63. The standard InChI is InChI=1S/C15H11NO3/c17-10-14(18)16-13-8-6-12(7-9-13)15(19)11-4-2-1-3-5-11/h1-10H,(H,16,18). The van der Waals surface area contributed by atoms with Gasteiger partial charge < -0.3 is 5.32 Å². The number of anilines is 1. The minimum Gasteiger partial charge on any atom is -0.320 e. The summed E-state index contributed by atoms with van der Waals surface area (Å²) in [5.74, 6) is -0.809. The van der Waals surface area contributed by atoms with Crippen molar-refractivity contribution in [1.29, 1.82) is 0 Å². The number of ketones is 1. The molecule has 0 aliphatic carbocycles. The van der Waals surface area contributed by atoms with Gasteiger partial charge in [0.15, 0.2) is 5.78 Å². The number of carbonyl (C=O) groups is 3. The number of carbonyl (C=O) groups excluding carboxylic acids is 3. The van der Waals surface area contributed by atoms with Gasteiger partial charge in [-0.05, 0) is 24.3 Å². The van der Waals surface area contributed by atoms with Gasteiger partial charge in [-0.25, -0.2) is 0 Å². The molecule has 4 heteroatoms. The van der Waals surface area contributed by atoms with E-state index in [0.29, 0.717) is 16.8 Å². The van der Waals surface area contributed by atoms with Gasteiger partial charge in [0.2, 0.25) is 6.29 Å². The fourth-order valence-corrected chi connectivity index (χ4v) is 1.63. The molecule has 0 radical (unpaired) electrons. The first kappa shape index (κ1) is 12.7. The van der Waals surface area contributed by atoms with Crippen LogP contribution >= 0.6 is 0 Å². The van der Waals surface area contributed by atoms with Crippen molar-refractivity contribution in [1.82, 2.24) is 0 Å². The molecule has 1 N–H and O–H groups in total. The molecule has 2 aromatic carbocycles. The first-order valence-electron chi connectivity index (χ1n) is 5.66. The number of amides is 1. The van der Waals surface area contributed by atoms with Gasteiger partial charge in [-0.3, -0.25) is 14.4 Å². The second-order valence-corrected chi connectivity index (χ2v) is 3.88. The van der Waals surface area contributed by atoms with E-state index in [1.165, 1.54) is 0 Å².